The number of benzene rings is 1. The van der Waals surface area contributed by atoms with Gasteiger partial charge in [0.15, 0.2) is 17.3 Å². The van der Waals surface area contributed by atoms with Gasteiger partial charge in [-0.05, 0) is 19.1 Å². The van der Waals surface area contributed by atoms with Crippen LogP contribution >= 0.6 is 0 Å². The van der Waals surface area contributed by atoms with Crippen LogP contribution in [0.3, 0.4) is 0 Å². The van der Waals surface area contributed by atoms with Crippen LogP contribution in [-0.4, -0.2) is 24.9 Å². The summed E-state index contributed by atoms with van der Waals surface area (Å²) in [5.74, 6) is 0.548. The Morgan fingerprint density at radius 1 is 1.12 bits per heavy atom. The van der Waals surface area contributed by atoms with Gasteiger partial charge in [0.25, 0.3) is 0 Å². The Kier molecular flexibility index (Phi) is 2.99. The lowest BCUT2D eigenvalue weighted by atomic mass is 10.1. The molecule has 0 radical (unpaired) electrons. The molecule has 0 unspecified atom stereocenters. The van der Waals surface area contributed by atoms with Crippen LogP contribution in [0.5, 0.6) is 11.5 Å². The number of fused-ring (bicyclic) bond motifs is 1. The van der Waals surface area contributed by atoms with E-state index in [9.17, 15) is 9.59 Å². The number of carbonyl (C=O) groups excluding carboxylic acids is 2. The van der Waals surface area contributed by atoms with Crippen molar-refractivity contribution in [1.82, 2.24) is 0 Å². The number of carbonyl (C=O) groups is 2. The maximum atomic E-state index is 11.4. The number of rotatable bonds is 2. The molecule has 90 valence electrons. The first-order valence-corrected chi connectivity index (χ1v) is 5.30. The van der Waals surface area contributed by atoms with Crippen molar-refractivity contribution in [3.8, 4) is 11.5 Å². The van der Waals surface area contributed by atoms with Crippen molar-refractivity contribution in [2.24, 2.45) is 0 Å². The van der Waals surface area contributed by atoms with Gasteiger partial charge in [0, 0.05) is 6.92 Å². The summed E-state index contributed by atoms with van der Waals surface area (Å²) in [4.78, 5) is 22.5. The fourth-order valence-corrected chi connectivity index (χ4v) is 1.70. The molecule has 0 saturated carbocycles. The lowest BCUT2D eigenvalue weighted by molar-refractivity contribution is -0.114. The van der Waals surface area contributed by atoms with Crippen molar-refractivity contribution >= 4 is 17.4 Å². The van der Waals surface area contributed by atoms with Crippen LogP contribution in [0.1, 0.15) is 24.2 Å². The third-order valence-electron chi connectivity index (χ3n) is 2.38. The molecule has 5 heteroatoms. The minimum Gasteiger partial charge on any atom is -0.485 e. The highest BCUT2D eigenvalue weighted by atomic mass is 16.6. The van der Waals surface area contributed by atoms with Gasteiger partial charge in [-0.1, -0.05) is 0 Å². The Morgan fingerprint density at radius 3 is 2.35 bits per heavy atom. The summed E-state index contributed by atoms with van der Waals surface area (Å²) in [6, 6.07) is 3.27. The fraction of sp³-hybridized carbons (Fsp3) is 0.333. The van der Waals surface area contributed by atoms with E-state index in [4.69, 9.17) is 9.47 Å². The molecule has 1 heterocycles. The standard InChI is InChI=1S/C12H13NO4/c1-7(14)9-3-4-10(13-8(2)15)12-11(9)16-5-6-17-12/h3-4H,5-6H2,1-2H3,(H,13,15). The summed E-state index contributed by atoms with van der Waals surface area (Å²) in [5.41, 5.74) is 0.992. The fourth-order valence-electron chi connectivity index (χ4n) is 1.70. The van der Waals surface area contributed by atoms with E-state index in [1.165, 1.54) is 13.8 Å². The first-order chi connectivity index (χ1) is 8.09. The Balaban J connectivity index is 2.50. The average Bonchev–Trinajstić information content (AvgIpc) is 2.28. The largest absolute Gasteiger partial charge is 0.485 e. The van der Waals surface area contributed by atoms with E-state index in [1.807, 2.05) is 0 Å². The minimum absolute atomic E-state index is 0.0962. The summed E-state index contributed by atoms with van der Waals surface area (Å²) in [5, 5.41) is 2.64. The molecule has 1 aliphatic rings. The second-order valence-electron chi connectivity index (χ2n) is 3.75. The first-order valence-electron chi connectivity index (χ1n) is 5.30. The maximum Gasteiger partial charge on any atom is 0.221 e. The third-order valence-corrected chi connectivity index (χ3v) is 2.38. The number of amides is 1. The molecular weight excluding hydrogens is 222 g/mol. The number of anilines is 1. The van der Waals surface area contributed by atoms with Gasteiger partial charge in [-0.25, -0.2) is 0 Å². The van der Waals surface area contributed by atoms with Gasteiger partial charge in [-0.2, -0.15) is 0 Å². The van der Waals surface area contributed by atoms with Crippen molar-refractivity contribution < 1.29 is 19.1 Å². The Labute approximate surface area is 98.7 Å². The topological polar surface area (TPSA) is 64.6 Å². The van der Waals surface area contributed by atoms with Gasteiger partial charge >= 0.3 is 0 Å². The van der Waals surface area contributed by atoms with Crippen LogP contribution in [0.25, 0.3) is 0 Å². The van der Waals surface area contributed by atoms with Gasteiger partial charge in [0.1, 0.15) is 13.2 Å². The molecule has 1 aromatic carbocycles. The number of ether oxygens (including phenoxy) is 2. The Bertz CT molecular complexity index is 482. The summed E-state index contributed by atoms with van der Waals surface area (Å²) >= 11 is 0. The van der Waals surface area contributed by atoms with Gasteiger partial charge in [-0.3, -0.25) is 9.59 Å². The molecule has 1 N–H and O–H groups in total. The van der Waals surface area contributed by atoms with Crippen LogP contribution in [-0.2, 0) is 4.79 Å². The third kappa shape index (κ3) is 2.22. The summed E-state index contributed by atoms with van der Waals surface area (Å²) in [6.45, 7) is 3.68. The predicted octanol–water partition coefficient (Wildman–Crippen LogP) is 1.62. The molecule has 1 amide bonds. The number of nitrogens with one attached hydrogen (secondary N) is 1. The zero-order valence-corrected chi connectivity index (χ0v) is 9.70. The Morgan fingerprint density at radius 2 is 1.76 bits per heavy atom. The van der Waals surface area contributed by atoms with Gasteiger partial charge in [0.05, 0.1) is 11.3 Å². The molecule has 2 rings (SSSR count). The molecule has 1 aromatic rings. The molecule has 0 bridgehead atoms. The number of ketones is 1. The van der Waals surface area contributed by atoms with Crippen molar-refractivity contribution in [2.45, 2.75) is 13.8 Å². The van der Waals surface area contributed by atoms with Crippen LogP contribution in [0.15, 0.2) is 12.1 Å². The SMILES string of the molecule is CC(=O)Nc1ccc(C(C)=O)c2c1OCCO2. The highest BCUT2D eigenvalue weighted by Crippen LogP contribution is 2.40. The van der Waals surface area contributed by atoms with E-state index in [0.29, 0.717) is 36.0 Å². The van der Waals surface area contributed by atoms with E-state index in [2.05, 4.69) is 5.32 Å². The normalized spacial score (nSPS) is 13.1. The van der Waals surface area contributed by atoms with Crippen molar-refractivity contribution in [1.29, 1.82) is 0 Å². The van der Waals surface area contributed by atoms with Crippen LogP contribution in [0.2, 0.25) is 0 Å². The molecule has 5 nitrogen and oxygen atoms in total. The Hall–Kier alpha value is -2.04. The molecule has 0 saturated heterocycles. The van der Waals surface area contributed by atoms with E-state index in [0.717, 1.165) is 0 Å². The van der Waals surface area contributed by atoms with Crippen LogP contribution in [0, 0.1) is 0 Å². The molecule has 0 fully saturated rings. The minimum atomic E-state index is -0.197. The monoisotopic (exact) mass is 235 g/mol. The lowest BCUT2D eigenvalue weighted by Crippen LogP contribution is -2.19. The second kappa shape index (κ2) is 4.45. The van der Waals surface area contributed by atoms with Crippen molar-refractivity contribution in [3.05, 3.63) is 17.7 Å². The van der Waals surface area contributed by atoms with Crippen molar-refractivity contribution in [3.63, 3.8) is 0 Å². The number of Topliss-reactive ketones (excluding diaryl/α,β-unsaturated/α-hetero) is 1. The average molecular weight is 235 g/mol. The number of hydrogen-bond acceptors (Lipinski definition) is 4. The highest BCUT2D eigenvalue weighted by molar-refractivity contribution is 6.00. The van der Waals surface area contributed by atoms with Gasteiger partial charge in [-0.15, -0.1) is 0 Å². The summed E-state index contributed by atoms with van der Waals surface area (Å²) < 4.78 is 10.9. The quantitative estimate of drug-likeness (QED) is 0.791. The molecule has 0 atom stereocenters. The predicted molar refractivity (Wildman–Crippen MR) is 61.7 cm³/mol. The molecular formula is C12H13NO4. The van der Waals surface area contributed by atoms with E-state index < -0.39 is 0 Å². The second-order valence-corrected chi connectivity index (χ2v) is 3.75. The van der Waals surface area contributed by atoms with Crippen LogP contribution < -0.4 is 14.8 Å². The molecule has 0 aliphatic carbocycles. The lowest BCUT2D eigenvalue weighted by Gasteiger charge is -2.22. The van der Waals surface area contributed by atoms with E-state index >= 15 is 0 Å². The smallest absolute Gasteiger partial charge is 0.221 e. The molecule has 17 heavy (non-hydrogen) atoms. The maximum absolute atomic E-state index is 11.4. The molecule has 1 aliphatic heterocycles. The van der Waals surface area contributed by atoms with Gasteiger partial charge in [0.2, 0.25) is 5.91 Å². The highest BCUT2D eigenvalue weighted by Gasteiger charge is 2.22. The van der Waals surface area contributed by atoms with Crippen LogP contribution in [0.4, 0.5) is 5.69 Å². The molecule has 0 aromatic heterocycles. The number of hydrogen-bond donors (Lipinski definition) is 1. The zero-order valence-electron chi connectivity index (χ0n) is 9.70. The van der Waals surface area contributed by atoms with E-state index in [-0.39, 0.29) is 11.7 Å². The van der Waals surface area contributed by atoms with Crippen molar-refractivity contribution in [2.75, 3.05) is 18.5 Å². The summed E-state index contributed by atoms with van der Waals surface area (Å²) in [7, 11) is 0. The molecule has 0 spiro atoms. The van der Waals surface area contributed by atoms with Gasteiger partial charge < -0.3 is 14.8 Å². The van der Waals surface area contributed by atoms with E-state index in [1.54, 1.807) is 12.1 Å². The summed E-state index contributed by atoms with van der Waals surface area (Å²) in [6.07, 6.45) is 0. The first kappa shape index (κ1) is 11.4. The zero-order chi connectivity index (χ0) is 12.4.